The lowest BCUT2D eigenvalue weighted by Crippen LogP contribution is -2.08. The second-order valence-electron chi connectivity index (χ2n) is 4.83. The van der Waals surface area contributed by atoms with E-state index in [1.807, 2.05) is 6.07 Å². The molecule has 0 atom stereocenters. The van der Waals surface area contributed by atoms with Crippen LogP contribution in [-0.4, -0.2) is 23.3 Å². The number of ether oxygens (including phenoxy) is 1. The number of aromatic amines is 1. The Balaban J connectivity index is 2.48. The molecule has 22 heavy (non-hydrogen) atoms. The maximum absolute atomic E-state index is 12.8. The van der Waals surface area contributed by atoms with E-state index >= 15 is 0 Å². The van der Waals surface area contributed by atoms with E-state index < -0.39 is 5.97 Å². The van der Waals surface area contributed by atoms with E-state index in [0.29, 0.717) is 28.1 Å². The average molecular weight is 429 g/mol. The highest BCUT2D eigenvalue weighted by Gasteiger charge is 2.23. The standard InChI is InChI=1S/C16H15Br2NO3/c1-4-22-16(21)14-8(2)13(9(3)19-14)15(20)10-5-11(17)7-12(18)6-10/h5-7,19H,4H2,1-3H3. The van der Waals surface area contributed by atoms with E-state index in [1.165, 1.54) is 0 Å². The molecule has 1 aromatic heterocycles. The van der Waals surface area contributed by atoms with Crippen molar-refractivity contribution >= 4 is 43.6 Å². The van der Waals surface area contributed by atoms with Crippen LogP contribution in [0.2, 0.25) is 0 Å². The maximum atomic E-state index is 12.8. The van der Waals surface area contributed by atoms with Gasteiger partial charge >= 0.3 is 5.97 Å². The van der Waals surface area contributed by atoms with Gasteiger partial charge in [0, 0.05) is 25.8 Å². The predicted molar refractivity (Wildman–Crippen MR) is 91.5 cm³/mol. The number of rotatable bonds is 4. The lowest BCUT2D eigenvalue weighted by Gasteiger charge is -2.05. The van der Waals surface area contributed by atoms with Crippen molar-refractivity contribution in [3.05, 3.63) is 55.2 Å². The van der Waals surface area contributed by atoms with Gasteiger partial charge in [-0.1, -0.05) is 31.9 Å². The minimum Gasteiger partial charge on any atom is -0.461 e. The van der Waals surface area contributed by atoms with E-state index in [-0.39, 0.29) is 12.4 Å². The molecule has 116 valence electrons. The van der Waals surface area contributed by atoms with Crippen molar-refractivity contribution in [2.45, 2.75) is 20.8 Å². The molecule has 1 aromatic carbocycles. The van der Waals surface area contributed by atoms with Crippen molar-refractivity contribution in [2.75, 3.05) is 6.61 Å². The maximum Gasteiger partial charge on any atom is 0.355 e. The number of ketones is 1. The fourth-order valence-corrected chi connectivity index (χ4v) is 3.62. The molecular weight excluding hydrogens is 414 g/mol. The lowest BCUT2D eigenvalue weighted by atomic mass is 10.00. The Morgan fingerprint density at radius 3 is 2.27 bits per heavy atom. The van der Waals surface area contributed by atoms with Gasteiger partial charge in [0.05, 0.1) is 6.61 Å². The summed E-state index contributed by atoms with van der Waals surface area (Å²) in [6.45, 7) is 5.55. The molecule has 6 heteroatoms. The molecular formula is C16H15Br2NO3. The minimum absolute atomic E-state index is 0.135. The fourth-order valence-electron chi connectivity index (χ4n) is 2.33. The third-order valence-electron chi connectivity index (χ3n) is 3.27. The Morgan fingerprint density at radius 2 is 1.73 bits per heavy atom. The number of aromatic nitrogens is 1. The van der Waals surface area contributed by atoms with Gasteiger partial charge in [-0.3, -0.25) is 4.79 Å². The Hall–Kier alpha value is -1.40. The molecule has 4 nitrogen and oxygen atoms in total. The van der Waals surface area contributed by atoms with E-state index in [1.54, 1.807) is 32.9 Å². The molecule has 0 spiro atoms. The number of H-pyrrole nitrogens is 1. The van der Waals surface area contributed by atoms with Crippen LogP contribution in [0, 0.1) is 13.8 Å². The molecule has 0 fully saturated rings. The van der Waals surface area contributed by atoms with Crippen LogP contribution in [-0.2, 0) is 4.74 Å². The zero-order valence-electron chi connectivity index (χ0n) is 12.4. The average Bonchev–Trinajstić information content (AvgIpc) is 2.72. The van der Waals surface area contributed by atoms with Crippen LogP contribution in [0.1, 0.15) is 44.6 Å². The van der Waals surface area contributed by atoms with E-state index in [2.05, 4.69) is 36.8 Å². The summed E-state index contributed by atoms with van der Waals surface area (Å²) in [5, 5.41) is 0. The molecule has 0 saturated heterocycles. The summed E-state index contributed by atoms with van der Waals surface area (Å²) in [6, 6.07) is 5.36. The van der Waals surface area contributed by atoms with Crippen LogP contribution in [0.5, 0.6) is 0 Å². The molecule has 1 heterocycles. The Labute approximate surface area is 145 Å². The molecule has 0 bridgehead atoms. The topological polar surface area (TPSA) is 59.2 Å². The highest BCUT2D eigenvalue weighted by molar-refractivity contribution is 9.11. The van der Waals surface area contributed by atoms with Gasteiger partial charge in [0.1, 0.15) is 5.69 Å². The number of aryl methyl sites for hydroxylation is 1. The Bertz CT molecular complexity index is 730. The molecule has 0 aliphatic carbocycles. The summed E-state index contributed by atoms with van der Waals surface area (Å²) in [5.74, 6) is -0.582. The van der Waals surface area contributed by atoms with Crippen LogP contribution in [0.3, 0.4) is 0 Å². The molecule has 0 aliphatic heterocycles. The summed E-state index contributed by atoms with van der Waals surface area (Å²) in [6.07, 6.45) is 0. The molecule has 2 aromatic rings. The fraction of sp³-hybridized carbons (Fsp3) is 0.250. The van der Waals surface area contributed by atoms with Crippen molar-refractivity contribution in [3.8, 4) is 0 Å². The first kappa shape index (κ1) is 17.0. The number of carbonyl (C=O) groups excluding carboxylic acids is 2. The Kier molecular flexibility index (Phi) is 5.24. The quantitative estimate of drug-likeness (QED) is 0.573. The van der Waals surface area contributed by atoms with Gasteiger partial charge < -0.3 is 9.72 Å². The first-order valence-electron chi connectivity index (χ1n) is 6.72. The van der Waals surface area contributed by atoms with E-state index in [9.17, 15) is 9.59 Å². The number of nitrogens with one attached hydrogen (secondary N) is 1. The monoisotopic (exact) mass is 427 g/mol. The molecule has 0 amide bonds. The SMILES string of the molecule is CCOC(=O)c1[nH]c(C)c(C(=O)c2cc(Br)cc(Br)c2)c1C. The molecule has 0 saturated carbocycles. The van der Waals surface area contributed by atoms with Crippen molar-refractivity contribution in [1.82, 2.24) is 4.98 Å². The minimum atomic E-state index is -0.447. The van der Waals surface area contributed by atoms with E-state index in [4.69, 9.17) is 4.74 Å². The van der Waals surface area contributed by atoms with Crippen LogP contribution in [0.4, 0.5) is 0 Å². The van der Waals surface area contributed by atoms with Gasteiger partial charge in [-0.2, -0.15) is 0 Å². The van der Waals surface area contributed by atoms with Crippen LogP contribution in [0.25, 0.3) is 0 Å². The van der Waals surface area contributed by atoms with Crippen LogP contribution >= 0.6 is 31.9 Å². The third-order valence-corrected chi connectivity index (χ3v) is 4.18. The number of hydrogen-bond donors (Lipinski definition) is 1. The smallest absolute Gasteiger partial charge is 0.355 e. The van der Waals surface area contributed by atoms with Gasteiger partial charge in [-0.05, 0) is 44.5 Å². The van der Waals surface area contributed by atoms with E-state index in [0.717, 1.165) is 8.95 Å². The van der Waals surface area contributed by atoms with Crippen LogP contribution in [0.15, 0.2) is 27.1 Å². The zero-order valence-corrected chi connectivity index (χ0v) is 15.6. The number of esters is 1. The lowest BCUT2D eigenvalue weighted by molar-refractivity contribution is 0.0519. The third kappa shape index (κ3) is 3.33. The van der Waals surface area contributed by atoms with Gasteiger partial charge in [0.2, 0.25) is 0 Å². The second-order valence-corrected chi connectivity index (χ2v) is 6.66. The predicted octanol–water partition coefficient (Wildman–Crippen LogP) is 4.56. The molecule has 0 radical (unpaired) electrons. The molecule has 1 N–H and O–H groups in total. The first-order chi connectivity index (χ1) is 10.3. The van der Waals surface area contributed by atoms with Crippen molar-refractivity contribution in [1.29, 1.82) is 0 Å². The zero-order chi connectivity index (χ0) is 16.4. The van der Waals surface area contributed by atoms with Crippen molar-refractivity contribution in [2.24, 2.45) is 0 Å². The summed E-state index contributed by atoms with van der Waals surface area (Å²) >= 11 is 6.75. The van der Waals surface area contributed by atoms with Crippen LogP contribution < -0.4 is 0 Å². The number of benzene rings is 1. The largest absolute Gasteiger partial charge is 0.461 e. The number of halogens is 2. The number of hydrogen-bond acceptors (Lipinski definition) is 3. The van der Waals surface area contributed by atoms with Gasteiger partial charge in [-0.25, -0.2) is 4.79 Å². The van der Waals surface area contributed by atoms with Crippen molar-refractivity contribution < 1.29 is 14.3 Å². The summed E-state index contributed by atoms with van der Waals surface area (Å²) < 4.78 is 6.62. The normalized spacial score (nSPS) is 10.6. The Morgan fingerprint density at radius 1 is 1.14 bits per heavy atom. The molecule has 0 aliphatic rings. The summed E-state index contributed by atoms with van der Waals surface area (Å²) in [7, 11) is 0. The van der Waals surface area contributed by atoms with Gasteiger partial charge in [0.25, 0.3) is 0 Å². The summed E-state index contributed by atoms with van der Waals surface area (Å²) in [4.78, 5) is 27.6. The highest BCUT2D eigenvalue weighted by Crippen LogP contribution is 2.26. The van der Waals surface area contributed by atoms with Gasteiger partial charge in [-0.15, -0.1) is 0 Å². The number of carbonyl (C=O) groups is 2. The molecule has 0 unspecified atom stereocenters. The first-order valence-corrected chi connectivity index (χ1v) is 8.30. The highest BCUT2D eigenvalue weighted by atomic mass is 79.9. The van der Waals surface area contributed by atoms with Crippen molar-refractivity contribution in [3.63, 3.8) is 0 Å². The second kappa shape index (κ2) is 6.79. The summed E-state index contributed by atoms with van der Waals surface area (Å²) in [5.41, 5.74) is 2.64. The van der Waals surface area contributed by atoms with Gasteiger partial charge in [0.15, 0.2) is 5.78 Å². The molecule has 2 rings (SSSR count).